The molecule has 5 rings (SSSR count). The summed E-state index contributed by atoms with van der Waals surface area (Å²) in [6.45, 7) is 8.67. The fourth-order valence-corrected chi connectivity index (χ4v) is 5.11. The van der Waals surface area contributed by atoms with Crippen LogP contribution >= 0.6 is 0 Å². The largest absolute Gasteiger partial charge is 0.494 e. The van der Waals surface area contributed by atoms with Gasteiger partial charge in [-0.3, -0.25) is 4.79 Å². The quantitative estimate of drug-likeness (QED) is 0.152. The number of hydrogen-bond donors (Lipinski definition) is 2. The Morgan fingerprint density at radius 1 is 1.09 bits per heavy atom. The monoisotopic (exact) mass is 610 g/mol. The molecule has 12 heteroatoms. The van der Waals surface area contributed by atoms with Crippen molar-refractivity contribution in [3.05, 3.63) is 78.3 Å². The minimum atomic E-state index is -0.552. The lowest BCUT2D eigenvalue weighted by Crippen LogP contribution is -2.29. The summed E-state index contributed by atoms with van der Waals surface area (Å²) in [4.78, 5) is 38.9. The van der Waals surface area contributed by atoms with Crippen molar-refractivity contribution in [2.75, 3.05) is 56.9 Å². The third-order valence-electron chi connectivity index (χ3n) is 7.37. The second-order valence-electron chi connectivity index (χ2n) is 11.2. The average Bonchev–Trinajstić information content (AvgIpc) is 3.59. The number of hydrogen-bond acceptors (Lipinski definition) is 10. The zero-order valence-electron chi connectivity index (χ0n) is 26.4. The molecule has 0 unspecified atom stereocenters. The number of benzene rings is 2. The highest BCUT2D eigenvalue weighted by Gasteiger charge is 2.28. The molecule has 45 heavy (non-hydrogen) atoms. The summed E-state index contributed by atoms with van der Waals surface area (Å²) in [5.74, 6) is 0.0735. The number of esters is 1. The van der Waals surface area contributed by atoms with Crippen LogP contribution in [-0.2, 0) is 16.0 Å². The minimum Gasteiger partial charge on any atom is -0.494 e. The zero-order valence-corrected chi connectivity index (χ0v) is 26.4. The molecular formula is C33H38N8O4. The summed E-state index contributed by atoms with van der Waals surface area (Å²) in [7, 11) is 7.51. The number of likely N-dealkylation sites (N-methyl/N-ethyl adjacent to an activating group) is 2. The molecule has 0 fully saturated rings. The van der Waals surface area contributed by atoms with Gasteiger partial charge in [-0.1, -0.05) is 30.8 Å². The van der Waals surface area contributed by atoms with Gasteiger partial charge in [0.15, 0.2) is 5.82 Å². The number of methoxy groups -OCH3 is 1. The van der Waals surface area contributed by atoms with E-state index < -0.39 is 5.97 Å². The van der Waals surface area contributed by atoms with Crippen LogP contribution in [0, 0.1) is 0 Å². The fraction of sp³-hybridized carbons (Fsp3) is 0.303. The van der Waals surface area contributed by atoms with E-state index in [1.807, 2.05) is 44.2 Å². The molecule has 2 aromatic heterocycles. The van der Waals surface area contributed by atoms with E-state index in [4.69, 9.17) is 14.5 Å². The van der Waals surface area contributed by atoms with Crippen molar-refractivity contribution in [1.82, 2.24) is 24.6 Å². The van der Waals surface area contributed by atoms with Gasteiger partial charge in [0.25, 0.3) is 0 Å². The lowest BCUT2D eigenvalue weighted by atomic mass is 10.1. The van der Waals surface area contributed by atoms with Crippen molar-refractivity contribution in [2.24, 2.45) is 0 Å². The van der Waals surface area contributed by atoms with Crippen LogP contribution in [0.2, 0.25) is 0 Å². The Morgan fingerprint density at radius 2 is 1.87 bits per heavy atom. The SMILES string of the molecule is C=CC(=O)Nc1cc(Nc2ncc(C(=O)OC(C)C)c(-n3ncc4c3Cc3ccccc3-4)n2)c(OC)cc1N(C)CCN(C)C. The summed E-state index contributed by atoms with van der Waals surface area (Å²) in [5.41, 5.74) is 6.16. The summed E-state index contributed by atoms with van der Waals surface area (Å²) in [5, 5.41) is 10.7. The predicted molar refractivity (Wildman–Crippen MR) is 175 cm³/mol. The van der Waals surface area contributed by atoms with Crippen LogP contribution in [-0.4, -0.2) is 84.0 Å². The second kappa shape index (κ2) is 13.2. The number of nitrogens with one attached hydrogen (secondary N) is 2. The van der Waals surface area contributed by atoms with Crippen molar-refractivity contribution in [1.29, 1.82) is 0 Å². The number of carbonyl (C=O) groups excluding carboxylic acids is 2. The number of nitrogens with zero attached hydrogens (tertiary/aromatic N) is 6. The Hall–Kier alpha value is -5.23. The van der Waals surface area contributed by atoms with Crippen LogP contribution in [0.4, 0.5) is 23.0 Å². The van der Waals surface area contributed by atoms with Crippen molar-refractivity contribution in [2.45, 2.75) is 26.4 Å². The van der Waals surface area contributed by atoms with Gasteiger partial charge < -0.3 is 29.9 Å². The third-order valence-corrected chi connectivity index (χ3v) is 7.37. The van der Waals surface area contributed by atoms with Crippen LogP contribution < -0.4 is 20.3 Å². The first-order chi connectivity index (χ1) is 21.6. The molecule has 2 N–H and O–H groups in total. The second-order valence-corrected chi connectivity index (χ2v) is 11.2. The number of anilines is 4. The van der Waals surface area contributed by atoms with E-state index in [-0.39, 0.29) is 29.3 Å². The van der Waals surface area contributed by atoms with Crippen molar-refractivity contribution < 1.29 is 19.1 Å². The number of fused-ring (bicyclic) bond motifs is 3. The fourth-order valence-electron chi connectivity index (χ4n) is 5.11. The summed E-state index contributed by atoms with van der Waals surface area (Å²) in [6.07, 6.45) is 4.74. The highest BCUT2D eigenvalue weighted by molar-refractivity contribution is 6.02. The maximum atomic E-state index is 13.2. The number of carbonyl (C=O) groups is 2. The van der Waals surface area contributed by atoms with Crippen molar-refractivity contribution in [3.63, 3.8) is 0 Å². The van der Waals surface area contributed by atoms with Gasteiger partial charge in [-0.2, -0.15) is 10.1 Å². The first-order valence-electron chi connectivity index (χ1n) is 14.6. The van der Waals surface area contributed by atoms with E-state index in [1.165, 1.54) is 17.8 Å². The minimum absolute atomic E-state index is 0.180. The maximum absolute atomic E-state index is 13.2. The van der Waals surface area contributed by atoms with E-state index in [0.29, 0.717) is 30.1 Å². The molecule has 0 radical (unpaired) electrons. The summed E-state index contributed by atoms with van der Waals surface area (Å²) in [6, 6.07) is 11.7. The molecule has 1 aliphatic carbocycles. The topological polar surface area (TPSA) is 127 Å². The van der Waals surface area contributed by atoms with E-state index in [0.717, 1.165) is 29.1 Å². The molecule has 0 atom stereocenters. The van der Waals surface area contributed by atoms with Crippen LogP contribution in [0.15, 0.2) is 61.4 Å². The van der Waals surface area contributed by atoms with Crippen molar-refractivity contribution in [3.8, 4) is 22.7 Å². The standard InChI is InChI=1S/C33H38N8O4/c1-8-30(42)36-25-16-26(29(44-7)17-28(25)40(6)14-13-39(4)5)37-33-34-18-24(32(43)45-20(2)3)31(38-33)41-27-15-21-11-9-10-12-22(21)23(27)19-35-41/h8-12,16-20H,1,13-15H2,2-7H3,(H,36,42)(H,34,37,38). The van der Waals surface area contributed by atoms with Gasteiger partial charge in [0, 0.05) is 44.4 Å². The van der Waals surface area contributed by atoms with Gasteiger partial charge >= 0.3 is 5.97 Å². The third kappa shape index (κ3) is 6.65. The maximum Gasteiger partial charge on any atom is 0.343 e. The Bertz CT molecular complexity index is 1750. The van der Waals surface area contributed by atoms with E-state index in [1.54, 1.807) is 37.9 Å². The molecule has 1 amide bonds. The average molecular weight is 611 g/mol. The molecule has 0 saturated carbocycles. The van der Waals surface area contributed by atoms with Crippen LogP contribution in [0.3, 0.4) is 0 Å². The molecule has 4 aromatic rings. The molecule has 12 nitrogen and oxygen atoms in total. The highest BCUT2D eigenvalue weighted by atomic mass is 16.5. The highest BCUT2D eigenvalue weighted by Crippen LogP contribution is 2.39. The van der Waals surface area contributed by atoms with Gasteiger partial charge in [-0.15, -0.1) is 0 Å². The predicted octanol–water partition coefficient (Wildman–Crippen LogP) is 4.67. The Morgan fingerprint density at radius 3 is 2.58 bits per heavy atom. The summed E-state index contributed by atoms with van der Waals surface area (Å²) >= 11 is 0. The first kappa shape index (κ1) is 31.2. The van der Waals surface area contributed by atoms with E-state index in [9.17, 15) is 9.59 Å². The van der Waals surface area contributed by atoms with Gasteiger partial charge in [-0.25, -0.2) is 14.5 Å². The van der Waals surface area contributed by atoms with Gasteiger partial charge in [0.1, 0.15) is 11.3 Å². The summed E-state index contributed by atoms with van der Waals surface area (Å²) < 4.78 is 12.9. The Balaban J connectivity index is 1.56. The molecule has 1 aliphatic rings. The van der Waals surface area contributed by atoms with Crippen LogP contribution in [0.25, 0.3) is 16.9 Å². The Kier molecular flexibility index (Phi) is 9.14. The van der Waals surface area contributed by atoms with E-state index >= 15 is 0 Å². The Labute approximate surface area is 262 Å². The van der Waals surface area contributed by atoms with Crippen LogP contribution in [0.1, 0.15) is 35.5 Å². The van der Waals surface area contributed by atoms with Gasteiger partial charge in [0.2, 0.25) is 11.9 Å². The molecule has 0 aliphatic heterocycles. The number of aromatic nitrogens is 4. The van der Waals surface area contributed by atoms with Crippen LogP contribution in [0.5, 0.6) is 5.75 Å². The molecule has 2 aromatic carbocycles. The molecule has 234 valence electrons. The molecule has 0 saturated heterocycles. The zero-order chi connectivity index (χ0) is 32.2. The smallest absolute Gasteiger partial charge is 0.343 e. The molecule has 0 bridgehead atoms. The first-order valence-corrected chi connectivity index (χ1v) is 14.6. The van der Waals surface area contributed by atoms with Gasteiger partial charge in [-0.05, 0) is 51.2 Å². The number of ether oxygens (including phenoxy) is 2. The molecular weight excluding hydrogens is 572 g/mol. The van der Waals surface area contributed by atoms with Gasteiger partial charge in [0.05, 0.1) is 42.2 Å². The molecule has 0 spiro atoms. The number of rotatable bonds is 12. The van der Waals surface area contributed by atoms with E-state index in [2.05, 4.69) is 44.3 Å². The van der Waals surface area contributed by atoms with Crippen molar-refractivity contribution >= 4 is 34.9 Å². The normalized spacial score (nSPS) is 11.6. The lowest BCUT2D eigenvalue weighted by Gasteiger charge is -2.26. The molecule has 2 heterocycles. The number of amides is 1. The lowest BCUT2D eigenvalue weighted by molar-refractivity contribution is -0.111.